The number of methoxy groups -OCH3 is 1. The van der Waals surface area contributed by atoms with Crippen LogP contribution in [0.1, 0.15) is 23.2 Å². The number of alkyl carbamates (subject to hydrolysis) is 1. The van der Waals surface area contributed by atoms with Gasteiger partial charge < -0.3 is 14.9 Å². The second-order valence-corrected chi connectivity index (χ2v) is 3.89. The van der Waals surface area contributed by atoms with E-state index >= 15 is 0 Å². The minimum atomic E-state index is -1.18. The van der Waals surface area contributed by atoms with E-state index < -0.39 is 18.0 Å². The molecule has 0 unspecified atom stereocenters. The number of carbonyl (C=O) groups excluding carboxylic acids is 1. The number of ether oxygens (including phenoxy) is 1. The minimum absolute atomic E-state index is 0.0120. The lowest BCUT2D eigenvalue weighted by molar-refractivity contribution is -0.136. The average Bonchev–Trinajstić information content (AvgIpc) is 2.44. The number of aliphatic imine (C=N–C) groups is 1. The van der Waals surface area contributed by atoms with E-state index in [4.69, 9.17) is 10.2 Å². The number of hydrogen-bond donors (Lipinski definition) is 3. The van der Waals surface area contributed by atoms with Crippen molar-refractivity contribution in [2.45, 2.75) is 12.8 Å². The number of nitrogens with zero attached hydrogens (tertiary/aromatic N) is 1. The fourth-order valence-corrected chi connectivity index (χ4v) is 1.44. The van der Waals surface area contributed by atoms with E-state index in [0.717, 1.165) is 7.11 Å². The number of nitrogens with one attached hydrogen (secondary N) is 1. The summed E-state index contributed by atoms with van der Waals surface area (Å²) in [6.45, 7) is 0. The van der Waals surface area contributed by atoms with Crippen molar-refractivity contribution in [2.75, 3.05) is 7.11 Å². The molecule has 0 aliphatic rings. The highest BCUT2D eigenvalue weighted by molar-refractivity contribution is 6.00. The zero-order chi connectivity index (χ0) is 15.8. The quantitative estimate of drug-likeness (QED) is 0.560. The topological polar surface area (TPSA) is 125 Å². The van der Waals surface area contributed by atoms with Crippen LogP contribution in [0.25, 0.3) is 0 Å². The molecule has 0 aliphatic heterocycles. The molecule has 3 N–H and O–H groups in total. The summed E-state index contributed by atoms with van der Waals surface area (Å²) < 4.78 is 4.41. The van der Waals surface area contributed by atoms with Crippen LogP contribution in [0.5, 0.6) is 0 Å². The van der Waals surface area contributed by atoms with E-state index in [1.807, 2.05) is 0 Å². The highest BCUT2D eigenvalue weighted by atomic mass is 16.5. The number of amides is 1. The van der Waals surface area contributed by atoms with Gasteiger partial charge in [-0.2, -0.15) is 0 Å². The van der Waals surface area contributed by atoms with Gasteiger partial charge in [0.2, 0.25) is 0 Å². The molecular formula is C13H14N2O6. The van der Waals surface area contributed by atoms with Gasteiger partial charge in [0.05, 0.1) is 24.8 Å². The Labute approximate surface area is 120 Å². The molecule has 21 heavy (non-hydrogen) atoms. The number of carboxylic acid groups (broad SMARTS) is 2. The van der Waals surface area contributed by atoms with Gasteiger partial charge in [0, 0.05) is 6.42 Å². The summed E-state index contributed by atoms with van der Waals surface area (Å²) in [6.07, 6.45) is -1.15. The molecule has 8 heteroatoms. The molecular weight excluding hydrogens is 280 g/mol. The van der Waals surface area contributed by atoms with Gasteiger partial charge in [-0.05, 0) is 12.1 Å². The van der Waals surface area contributed by atoms with Crippen LogP contribution >= 0.6 is 0 Å². The smallest absolute Gasteiger partial charge is 0.412 e. The van der Waals surface area contributed by atoms with Gasteiger partial charge in [0.1, 0.15) is 5.84 Å². The Kier molecular flexibility index (Phi) is 5.87. The fourth-order valence-electron chi connectivity index (χ4n) is 1.44. The maximum absolute atomic E-state index is 11.2. The first-order valence-corrected chi connectivity index (χ1v) is 5.90. The lowest BCUT2D eigenvalue weighted by Crippen LogP contribution is -2.30. The molecule has 0 saturated carbocycles. The predicted octanol–water partition coefficient (Wildman–Crippen LogP) is 1.64. The van der Waals surface area contributed by atoms with Gasteiger partial charge >= 0.3 is 18.0 Å². The normalized spacial score (nSPS) is 10.8. The number of aliphatic carboxylic acids is 1. The van der Waals surface area contributed by atoms with Crippen molar-refractivity contribution < 1.29 is 29.3 Å². The Morgan fingerprint density at radius 1 is 1.19 bits per heavy atom. The first kappa shape index (κ1) is 16.2. The highest BCUT2D eigenvalue weighted by Gasteiger charge is 2.12. The number of benzene rings is 1. The molecule has 0 atom stereocenters. The van der Waals surface area contributed by atoms with Crippen molar-refractivity contribution in [3.8, 4) is 0 Å². The first-order valence-electron chi connectivity index (χ1n) is 5.90. The Hall–Kier alpha value is -2.90. The Morgan fingerprint density at radius 3 is 2.43 bits per heavy atom. The summed E-state index contributed by atoms with van der Waals surface area (Å²) in [5.74, 6) is -2.23. The molecule has 112 valence electrons. The van der Waals surface area contributed by atoms with E-state index in [-0.39, 0.29) is 29.9 Å². The van der Waals surface area contributed by atoms with E-state index in [1.165, 1.54) is 18.2 Å². The monoisotopic (exact) mass is 294 g/mol. The van der Waals surface area contributed by atoms with Gasteiger partial charge in [0.15, 0.2) is 0 Å². The lowest BCUT2D eigenvalue weighted by atomic mass is 10.2. The van der Waals surface area contributed by atoms with E-state index in [1.54, 1.807) is 6.07 Å². The van der Waals surface area contributed by atoms with Gasteiger partial charge in [-0.25, -0.2) is 14.6 Å². The summed E-state index contributed by atoms with van der Waals surface area (Å²) in [6, 6.07) is 5.92. The average molecular weight is 294 g/mol. The summed E-state index contributed by atoms with van der Waals surface area (Å²) >= 11 is 0. The van der Waals surface area contributed by atoms with E-state index in [0.29, 0.717) is 0 Å². The number of hydrogen-bond acceptors (Lipinski definition) is 5. The molecule has 1 aromatic carbocycles. The van der Waals surface area contributed by atoms with Gasteiger partial charge in [0.25, 0.3) is 0 Å². The van der Waals surface area contributed by atoms with E-state index in [9.17, 15) is 14.4 Å². The zero-order valence-electron chi connectivity index (χ0n) is 11.2. The molecule has 0 aliphatic carbocycles. The maximum Gasteiger partial charge on any atom is 0.412 e. The molecule has 0 heterocycles. The van der Waals surface area contributed by atoms with Crippen LogP contribution in [0, 0.1) is 0 Å². The fraction of sp³-hybridized carbons (Fsp3) is 0.231. The zero-order valence-corrected chi connectivity index (χ0v) is 11.2. The van der Waals surface area contributed by atoms with E-state index in [2.05, 4.69) is 15.0 Å². The molecule has 1 rings (SSSR count). The van der Waals surface area contributed by atoms with Crippen LogP contribution in [-0.2, 0) is 9.53 Å². The van der Waals surface area contributed by atoms with Gasteiger partial charge in [-0.1, -0.05) is 12.1 Å². The largest absolute Gasteiger partial charge is 0.481 e. The van der Waals surface area contributed by atoms with Crippen LogP contribution in [0.15, 0.2) is 29.3 Å². The van der Waals surface area contributed by atoms with Crippen LogP contribution in [-0.4, -0.2) is 41.2 Å². The summed E-state index contributed by atoms with van der Waals surface area (Å²) in [5.41, 5.74) is 0.0544. The van der Waals surface area contributed by atoms with Gasteiger partial charge in [-0.15, -0.1) is 0 Å². The Bertz CT molecular complexity index is 582. The molecule has 1 amide bonds. The van der Waals surface area contributed by atoms with Crippen LogP contribution in [0.4, 0.5) is 10.5 Å². The van der Waals surface area contributed by atoms with Crippen LogP contribution in [0.3, 0.4) is 0 Å². The number of carboxylic acids is 2. The van der Waals surface area contributed by atoms with Gasteiger partial charge in [-0.3, -0.25) is 10.1 Å². The molecule has 1 aromatic rings. The molecule has 0 bridgehead atoms. The summed E-state index contributed by atoms with van der Waals surface area (Å²) in [4.78, 5) is 36.9. The van der Waals surface area contributed by atoms with Crippen molar-refractivity contribution in [3.63, 3.8) is 0 Å². The van der Waals surface area contributed by atoms with Crippen molar-refractivity contribution >= 4 is 29.6 Å². The number of para-hydroxylation sites is 1. The third-order valence-corrected chi connectivity index (χ3v) is 2.40. The van der Waals surface area contributed by atoms with Crippen molar-refractivity contribution in [1.29, 1.82) is 0 Å². The number of aromatic carboxylic acids is 1. The summed E-state index contributed by atoms with van der Waals surface area (Å²) in [7, 11) is 1.15. The molecule has 0 saturated heterocycles. The molecule has 0 fully saturated rings. The van der Waals surface area contributed by atoms with Crippen molar-refractivity contribution in [2.24, 2.45) is 4.99 Å². The first-order chi connectivity index (χ1) is 9.93. The second-order valence-electron chi connectivity index (χ2n) is 3.89. The SMILES string of the molecule is COC(=O)NC(CCC(=O)O)=Nc1ccccc1C(=O)O. The molecule has 0 radical (unpaired) electrons. The minimum Gasteiger partial charge on any atom is -0.481 e. The molecule has 8 nitrogen and oxygen atoms in total. The van der Waals surface area contributed by atoms with Crippen molar-refractivity contribution in [1.82, 2.24) is 5.32 Å². The molecule has 0 aromatic heterocycles. The standard InChI is InChI=1S/C13H14N2O6/c1-21-13(20)15-10(6-7-11(16)17)14-9-5-3-2-4-8(9)12(18)19/h2-5H,6-7H2,1H3,(H,16,17)(H,18,19)(H,14,15,20). The third kappa shape index (κ3) is 5.31. The molecule has 0 spiro atoms. The number of amidine groups is 1. The lowest BCUT2D eigenvalue weighted by Gasteiger charge is -2.08. The van der Waals surface area contributed by atoms with Crippen LogP contribution < -0.4 is 5.32 Å². The maximum atomic E-state index is 11.2. The summed E-state index contributed by atoms with van der Waals surface area (Å²) in [5, 5.41) is 20.0. The predicted molar refractivity (Wildman–Crippen MR) is 72.9 cm³/mol. The third-order valence-electron chi connectivity index (χ3n) is 2.40. The Morgan fingerprint density at radius 2 is 1.86 bits per heavy atom. The number of carbonyl (C=O) groups is 3. The highest BCUT2D eigenvalue weighted by Crippen LogP contribution is 2.19. The van der Waals surface area contributed by atoms with Crippen molar-refractivity contribution in [3.05, 3.63) is 29.8 Å². The Balaban J connectivity index is 3.08. The van der Waals surface area contributed by atoms with Crippen LogP contribution in [0.2, 0.25) is 0 Å². The number of rotatable bonds is 5. The second kappa shape index (κ2) is 7.63.